The van der Waals surface area contributed by atoms with Gasteiger partial charge >= 0.3 is 6.18 Å². The summed E-state index contributed by atoms with van der Waals surface area (Å²) < 4.78 is 42.7. The third kappa shape index (κ3) is 41.2. The first-order chi connectivity index (χ1) is 55.7. The second-order valence-electron chi connectivity index (χ2n) is 35.4. The van der Waals surface area contributed by atoms with Crippen LogP contribution in [-0.4, -0.2) is 286 Å². The average Bonchev–Trinajstić information content (AvgIpc) is 1.22. The van der Waals surface area contributed by atoms with Crippen LogP contribution in [0, 0.1) is 40.9 Å². The van der Waals surface area contributed by atoms with Crippen LogP contribution < -0.4 is 14.7 Å². The number of likely N-dealkylation sites (N-methyl/N-ethyl adjacent to an activating group) is 4. The number of benzene rings is 5. The first-order valence-electron chi connectivity index (χ1n) is 44.9. The second-order valence-corrected chi connectivity index (χ2v) is 35.4. The number of nitrogens with zero attached hydrogens (tertiary/aromatic N) is 14. The highest BCUT2D eigenvalue weighted by Gasteiger charge is 2.31. The Balaban J connectivity index is 0.000000202. The third-order valence-corrected chi connectivity index (χ3v) is 24.7. The Bertz CT molecular complexity index is 3280. The lowest BCUT2D eigenvalue weighted by Gasteiger charge is -2.34. The van der Waals surface area contributed by atoms with Gasteiger partial charge in [-0.2, -0.15) is 18.4 Å². The minimum atomic E-state index is -4.25. The Labute approximate surface area is 704 Å². The van der Waals surface area contributed by atoms with Gasteiger partial charge in [-0.15, -0.1) is 0 Å². The Morgan fingerprint density at radius 3 is 1.18 bits per heavy atom. The number of amides is 1. The SMILES string of the molecule is CC(=O)N1CCC(C)CC1.CC1CCCN(C)C1.CC1CCN(C)CC1.CC1CCN(Cc2ccccc2)CC1.CC1CCN(c2ccc(C#N)cc2)CC1.CC1CN(Cc2ccccc2)CCO1.CCN1CCCC1C.CN1CCCN(C)CC1.CN1CCN(c2ccc(C(F)(F)F)cc2)CC1.CN1CCN(c2ccccc2)CC1. The van der Waals surface area contributed by atoms with Gasteiger partial charge in [0.1, 0.15) is 0 Å². The van der Waals surface area contributed by atoms with Gasteiger partial charge in [-0.05, 0) is 300 Å². The summed E-state index contributed by atoms with van der Waals surface area (Å²) in [5.74, 6) is 4.75. The summed E-state index contributed by atoms with van der Waals surface area (Å²) in [5.41, 5.74) is 6.46. The van der Waals surface area contributed by atoms with E-state index in [1.54, 1.807) is 19.1 Å². The summed E-state index contributed by atoms with van der Waals surface area (Å²) in [7, 11) is 13.0. The molecule has 0 aliphatic carbocycles. The highest BCUT2D eigenvalue weighted by molar-refractivity contribution is 5.73. The van der Waals surface area contributed by atoms with E-state index >= 15 is 0 Å². The van der Waals surface area contributed by atoms with Crippen LogP contribution in [0.2, 0.25) is 0 Å². The molecule has 1 amide bonds. The lowest BCUT2D eigenvalue weighted by molar-refractivity contribution is -0.137. The van der Waals surface area contributed by atoms with Crippen LogP contribution in [-0.2, 0) is 28.8 Å². The molecule has 3 atom stereocenters. The van der Waals surface area contributed by atoms with Crippen LogP contribution in [0.4, 0.5) is 30.2 Å². The predicted octanol–water partition coefficient (Wildman–Crippen LogP) is 17.2. The van der Waals surface area contributed by atoms with Gasteiger partial charge in [-0.1, -0.05) is 120 Å². The van der Waals surface area contributed by atoms with E-state index in [0.717, 1.165) is 157 Å². The van der Waals surface area contributed by atoms with Crippen molar-refractivity contribution in [3.8, 4) is 6.07 Å². The molecule has 19 heteroatoms. The molecule has 0 spiro atoms. The van der Waals surface area contributed by atoms with Crippen LogP contribution in [0.1, 0.15) is 168 Å². The molecule has 16 nitrogen and oxygen atoms in total. The van der Waals surface area contributed by atoms with E-state index in [4.69, 9.17) is 10.00 Å². The lowest BCUT2D eigenvalue weighted by Crippen LogP contribution is -2.44. The van der Waals surface area contributed by atoms with Gasteiger partial charge in [0.15, 0.2) is 0 Å². The highest BCUT2D eigenvalue weighted by atomic mass is 19.4. The number of carbonyl (C=O) groups is 1. The predicted molar refractivity (Wildman–Crippen MR) is 484 cm³/mol. The number of rotatable bonds is 8. The number of hydrogen-bond donors (Lipinski definition) is 0. The van der Waals surface area contributed by atoms with Gasteiger partial charge < -0.3 is 58.6 Å². The Morgan fingerprint density at radius 2 is 0.784 bits per heavy atom. The van der Waals surface area contributed by atoms with Crippen LogP contribution in [0.15, 0.2) is 140 Å². The maximum atomic E-state index is 12.4. The van der Waals surface area contributed by atoms with Crippen LogP contribution in [0.25, 0.3) is 0 Å². The van der Waals surface area contributed by atoms with Crippen molar-refractivity contribution in [3.63, 3.8) is 0 Å². The minimum absolute atomic E-state index is 0.229. The van der Waals surface area contributed by atoms with E-state index in [1.807, 2.05) is 24.1 Å². The molecular formula is C97H159F3N14O2. The highest BCUT2D eigenvalue weighted by Crippen LogP contribution is 2.31. The number of morpholine rings is 1. The van der Waals surface area contributed by atoms with Gasteiger partial charge in [0.2, 0.25) is 5.91 Å². The third-order valence-electron chi connectivity index (χ3n) is 24.7. The molecule has 10 saturated heterocycles. The zero-order valence-corrected chi connectivity index (χ0v) is 75.2. The number of likely N-dealkylation sites (tertiary alicyclic amines) is 5. The number of ether oxygens (including phenoxy) is 1. The standard InChI is InChI=1S/C13H16N2.C13H19N.C12H15F3N2.C12H17NO.C11H16N2.C8H15NO.C7H16N2.3C7H15N/c1-11-6-8-15(9-7-11)13-4-2-12(10-14)3-5-13;1-12-7-9-14(10-8-12)11-13-5-3-2-4-6-13;1-16-6-8-17(9-7-16)11-4-2-10(3-5-11)12(13,14)15;1-11-9-13(7-8-14-11)10-12-5-3-2-4-6-12;1-12-7-9-13(10-8-12)11-5-3-2-4-6-11;1-7-3-5-9(6-4-7)8(2)10;1-8-4-3-5-9(2)7-6-8;1-7-3-5-8(2)6-4-7;1-7-4-3-5-8(2)6-7;1-3-8-6-4-5-7(8)2/h2-5,11H,6-9H2,1H3;2-6,12H,7-11H2,1H3;2-5H,6-9H2,1H3;2-6,11H,7-10H2,1H3;2-6H,7-10H2,1H3;7H,3-6H2,1-2H3;3-7H2,1-2H3;3*7H,3-6H2,1-2H3. The topological polar surface area (TPSA) is 92.2 Å². The van der Waals surface area contributed by atoms with Crippen molar-refractivity contribution in [1.29, 1.82) is 5.26 Å². The molecule has 15 rings (SSSR count). The second kappa shape index (κ2) is 55.6. The molecule has 5 aromatic carbocycles. The first kappa shape index (κ1) is 98.7. The fraction of sp³-hybridized carbons (Fsp3) is 0.670. The monoisotopic (exact) mass is 1610 g/mol. The van der Waals surface area contributed by atoms with E-state index in [9.17, 15) is 18.0 Å². The van der Waals surface area contributed by atoms with Gasteiger partial charge in [0, 0.05) is 154 Å². The van der Waals surface area contributed by atoms with Crippen molar-refractivity contribution in [1.82, 2.24) is 49.0 Å². The zero-order chi connectivity index (χ0) is 84.0. The van der Waals surface area contributed by atoms with E-state index in [0.29, 0.717) is 6.10 Å². The summed E-state index contributed by atoms with van der Waals surface area (Å²) in [5, 5.41) is 8.71. The zero-order valence-electron chi connectivity index (χ0n) is 75.2. The van der Waals surface area contributed by atoms with Crippen molar-refractivity contribution in [3.05, 3.63) is 162 Å². The molecule has 650 valence electrons. The molecule has 5 aromatic rings. The number of nitriles is 1. The van der Waals surface area contributed by atoms with Gasteiger partial charge in [-0.25, -0.2) is 0 Å². The van der Waals surface area contributed by atoms with Crippen LogP contribution in [0.3, 0.4) is 0 Å². The number of piperazine rings is 2. The van der Waals surface area contributed by atoms with Crippen molar-refractivity contribution in [2.45, 2.75) is 177 Å². The summed E-state index contributed by atoms with van der Waals surface area (Å²) >= 11 is 0. The molecule has 0 N–H and O–H groups in total. The van der Waals surface area contributed by atoms with Gasteiger partial charge in [-0.3, -0.25) is 14.6 Å². The number of anilines is 3. The van der Waals surface area contributed by atoms with Crippen molar-refractivity contribution < 1.29 is 22.7 Å². The summed E-state index contributed by atoms with van der Waals surface area (Å²) in [6.07, 6.45) is 13.6. The Kier molecular flexibility index (Phi) is 47.3. The molecule has 3 unspecified atom stereocenters. The Hall–Kier alpha value is -6.15. The number of piperidine rings is 5. The number of alkyl halides is 3. The fourth-order valence-electron chi connectivity index (χ4n) is 16.1. The summed E-state index contributed by atoms with van der Waals surface area (Å²) in [6, 6.07) is 48.3. The maximum Gasteiger partial charge on any atom is 0.416 e. The fourth-order valence-corrected chi connectivity index (χ4v) is 16.1. The number of carbonyl (C=O) groups excluding carboxylic acids is 1. The van der Waals surface area contributed by atoms with E-state index in [2.05, 4.69) is 259 Å². The number of para-hydroxylation sites is 1. The molecule has 10 heterocycles. The molecule has 116 heavy (non-hydrogen) atoms. The first-order valence-corrected chi connectivity index (χ1v) is 44.9. The van der Waals surface area contributed by atoms with Crippen molar-refractivity contribution >= 4 is 23.0 Å². The summed E-state index contributed by atoms with van der Waals surface area (Å²) in [6.45, 7) is 52.9. The van der Waals surface area contributed by atoms with E-state index < -0.39 is 11.7 Å². The van der Waals surface area contributed by atoms with E-state index in [1.165, 1.54) is 198 Å². The smallest absolute Gasteiger partial charge is 0.376 e. The molecule has 0 bridgehead atoms. The molecule has 0 aromatic heterocycles. The maximum absolute atomic E-state index is 12.4. The molecule has 10 aliphatic heterocycles. The van der Waals surface area contributed by atoms with Crippen molar-refractivity contribution in [2.75, 3.05) is 234 Å². The minimum Gasteiger partial charge on any atom is -0.376 e. The van der Waals surface area contributed by atoms with Crippen molar-refractivity contribution in [2.24, 2.45) is 29.6 Å². The Morgan fingerprint density at radius 1 is 0.397 bits per heavy atom. The molecule has 10 aliphatic rings. The van der Waals surface area contributed by atoms with Gasteiger partial charge in [0.25, 0.3) is 0 Å². The molecule has 0 saturated carbocycles. The number of halogens is 3. The molecular weight excluding hydrogens is 1450 g/mol. The van der Waals surface area contributed by atoms with Crippen LogP contribution in [0.5, 0.6) is 0 Å². The largest absolute Gasteiger partial charge is 0.416 e. The molecule has 10 fully saturated rings. The van der Waals surface area contributed by atoms with E-state index in [-0.39, 0.29) is 5.91 Å². The normalized spacial score (nSPS) is 22.4. The quantitative estimate of drug-likeness (QED) is 0.147. The lowest BCUT2D eigenvalue weighted by atomic mass is 9.99. The number of hydrogen-bond acceptors (Lipinski definition) is 15. The van der Waals surface area contributed by atoms with Crippen LogP contribution >= 0.6 is 0 Å². The molecule has 0 radical (unpaired) electrons. The average molecular weight is 1610 g/mol. The summed E-state index contributed by atoms with van der Waals surface area (Å²) in [4.78, 5) is 41.4. The van der Waals surface area contributed by atoms with Gasteiger partial charge in [0.05, 0.1) is 29.9 Å².